The van der Waals surface area contributed by atoms with Crippen LogP contribution in [0.15, 0.2) is 12.2 Å². The summed E-state index contributed by atoms with van der Waals surface area (Å²) >= 11 is 0. The molecular weight excluding hydrogens is 996 g/mol. The number of carbonyl (C=O) groups excluding carboxylic acids is 1. The SMILES string of the molecule is CCCCCCCCCC/C=C\CCCCCCCCCCCCCCCCCCCCCCCCCCCC(=O)NC(COP(=O)([O-])OCC[N+](C)(C)C)C(O)CCCCCCCCCCCCCCCCCCCCCC. The molecule has 3 unspecified atom stereocenters. The number of allylic oxidation sites excluding steroid dienone is 2. The van der Waals surface area contributed by atoms with Crippen LogP contribution in [0.3, 0.4) is 0 Å². The number of aliphatic hydroxyl groups excluding tert-OH is 1. The van der Waals surface area contributed by atoms with Crippen molar-refractivity contribution < 1.29 is 32.9 Å². The van der Waals surface area contributed by atoms with E-state index in [1.54, 1.807) is 0 Å². The van der Waals surface area contributed by atoms with E-state index in [1.807, 2.05) is 21.1 Å². The van der Waals surface area contributed by atoms with E-state index in [0.29, 0.717) is 23.9 Å². The van der Waals surface area contributed by atoms with Crippen LogP contribution in [0.5, 0.6) is 0 Å². The van der Waals surface area contributed by atoms with Gasteiger partial charge in [0.25, 0.3) is 7.82 Å². The lowest BCUT2D eigenvalue weighted by Crippen LogP contribution is -2.46. The summed E-state index contributed by atoms with van der Waals surface area (Å²) in [6.07, 6.45) is 78.7. The lowest BCUT2D eigenvalue weighted by atomic mass is 10.0. The van der Waals surface area contributed by atoms with E-state index in [1.165, 1.54) is 315 Å². The first-order chi connectivity index (χ1) is 38.5. The summed E-state index contributed by atoms with van der Waals surface area (Å²) < 4.78 is 23.5. The van der Waals surface area contributed by atoms with Crippen molar-refractivity contribution in [3.8, 4) is 0 Å². The Morgan fingerprint density at radius 1 is 0.430 bits per heavy atom. The van der Waals surface area contributed by atoms with Crippen molar-refractivity contribution in [2.24, 2.45) is 0 Å². The summed E-state index contributed by atoms with van der Waals surface area (Å²) in [5.74, 6) is -0.155. The second kappa shape index (κ2) is 61.8. The number of aliphatic hydroxyl groups is 1. The minimum absolute atomic E-state index is 0.0161. The Morgan fingerprint density at radius 3 is 0.987 bits per heavy atom. The molecule has 79 heavy (non-hydrogen) atoms. The van der Waals surface area contributed by atoms with Crippen LogP contribution in [0, 0.1) is 0 Å². The zero-order chi connectivity index (χ0) is 57.7. The van der Waals surface area contributed by atoms with Crippen LogP contribution in [-0.4, -0.2) is 68.5 Å². The van der Waals surface area contributed by atoms with Gasteiger partial charge in [-0.25, -0.2) is 0 Å². The second-order valence-corrected chi connectivity index (χ2v) is 27.4. The van der Waals surface area contributed by atoms with Crippen molar-refractivity contribution >= 4 is 13.7 Å². The fourth-order valence-corrected chi connectivity index (χ4v) is 11.9. The van der Waals surface area contributed by atoms with E-state index >= 15 is 0 Å². The number of nitrogens with zero attached hydrogens (tertiary/aromatic N) is 1. The Balaban J connectivity index is 3.90. The molecule has 9 heteroatoms. The number of likely N-dealkylation sites (N-methyl/N-ethyl adjacent to an activating group) is 1. The Bertz CT molecular complexity index is 1290. The summed E-state index contributed by atoms with van der Waals surface area (Å²) in [7, 11) is 1.33. The summed E-state index contributed by atoms with van der Waals surface area (Å²) in [5, 5.41) is 14.1. The number of unbranched alkanes of at least 4 members (excludes halogenated alkanes) is 52. The molecule has 0 aliphatic heterocycles. The van der Waals surface area contributed by atoms with E-state index in [-0.39, 0.29) is 19.1 Å². The predicted molar refractivity (Wildman–Crippen MR) is 344 cm³/mol. The summed E-state index contributed by atoms with van der Waals surface area (Å²) in [6, 6.07) is -0.797. The van der Waals surface area contributed by atoms with Crippen molar-refractivity contribution in [2.75, 3.05) is 40.9 Å². The highest BCUT2D eigenvalue weighted by atomic mass is 31.2. The van der Waals surface area contributed by atoms with Crippen LogP contribution in [-0.2, 0) is 18.4 Å². The van der Waals surface area contributed by atoms with Crippen molar-refractivity contribution in [2.45, 2.75) is 392 Å². The zero-order valence-electron chi connectivity index (χ0n) is 54.1. The van der Waals surface area contributed by atoms with Crippen molar-refractivity contribution in [1.29, 1.82) is 0 Å². The standard InChI is InChI=1S/C70H141N2O6P/c1-6-8-10-12-14-16-18-20-22-24-26-28-29-30-31-32-33-34-35-36-37-38-39-40-41-42-43-44-46-48-50-52-54-56-58-60-62-64-70(74)71-68(67-78-79(75,76)77-66-65-72(3,4)5)69(73)63-61-59-57-55-53-51-49-47-45-27-25-23-21-19-17-15-13-11-9-7-2/h24,26,68-69,73H,6-23,25,27-67H2,1-5H3,(H-,71,74,75,76)/b26-24-. The van der Waals surface area contributed by atoms with Gasteiger partial charge in [-0.2, -0.15) is 0 Å². The summed E-state index contributed by atoms with van der Waals surface area (Å²) in [5.41, 5.74) is 0. The molecule has 0 aromatic rings. The van der Waals surface area contributed by atoms with Gasteiger partial charge in [0.05, 0.1) is 39.9 Å². The largest absolute Gasteiger partial charge is 0.756 e. The first kappa shape index (κ1) is 78.2. The predicted octanol–water partition coefficient (Wildman–Crippen LogP) is 21.9. The molecule has 0 aromatic carbocycles. The average molecular weight is 1140 g/mol. The fraction of sp³-hybridized carbons (Fsp3) is 0.957. The van der Waals surface area contributed by atoms with Gasteiger partial charge in [0.1, 0.15) is 13.2 Å². The fourth-order valence-electron chi connectivity index (χ4n) is 11.2. The lowest BCUT2D eigenvalue weighted by molar-refractivity contribution is -0.870. The number of amides is 1. The normalized spacial score (nSPS) is 13.7. The van der Waals surface area contributed by atoms with Crippen molar-refractivity contribution in [1.82, 2.24) is 5.32 Å². The molecule has 0 rings (SSSR count). The minimum atomic E-state index is -4.57. The first-order valence-corrected chi connectivity index (χ1v) is 37.0. The lowest BCUT2D eigenvalue weighted by Gasteiger charge is -2.30. The molecule has 0 spiro atoms. The number of nitrogens with one attached hydrogen (secondary N) is 1. The Labute approximate surface area is 494 Å². The molecular formula is C70H141N2O6P. The molecule has 0 aliphatic carbocycles. The van der Waals surface area contributed by atoms with Crippen LogP contribution >= 0.6 is 7.82 Å². The van der Waals surface area contributed by atoms with E-state index in [4.69, 9.17) is 9.05 Å². The molecule has 0 aromatic heterocycles. The van der Waals surface area contributed by atoms with E-state index < -0.39 is 20.0 Å². The van der Waals surface area contributed by atoms with E-state index in [0.717, 1.165) is 38.5 Å². The Kier molecular flexibility index (Phi) is 61.2. The van der Waals surface area contributed by atoms with Gasteiger partial charge in [-0.1, -0.05) is 347 Å². The molecule has 2 N–H and O–H groups in total. The van der Waals surface area contributed by atoms with Gasteiger partial charge in [0.2, 0.25) is 5.91 Å². The molecule has 0 aliphatic rings. The van der Waals surface area contributed by atoms with Crippen LogP contribution in [0.25, 0.3) is 0 Å². The second-order valence-electron chi connectivity index (χ2n) is 26.0. The number of carbonyl (C=O) groups is 1. The number of quaternary nitrogens is 1. The number of hydrogen-bond acceptors (Lipinski definition) is 6. The third-order valence-corrected chi connectivity index (χ3v) is 17.7. The monoisotopic (exact) mass is 1140 g/mol. The van der Waals surface area contributed by atoms with Crippen LogP contribution in [0.2, 0.25) is 0 Å². The Morgan fingerprint density at radius 2 is 0.696 bits per heavy atom. The molecule has 0 saturated heterocycles. The summed E-state index contributed by atoms with van der Waals surface area (Å²) in [4.78, 5) is 25.6. The van der Waals surface area contributed by atoms with Gasteiger partial charge in [-0.3, -0.25) is 9.36 Å². The summed E-state index contributed by atoms with van der Waals surface area (Å²) in [6.45, 7) is 4.79. The van der Waals surface area contributed by atoms with E-state index in [9.17, 15) is 19.4 Å². The van der Waals surface area contributed by atoms with Gasteiger partial charge >= 0.3 is 0 Å². The first-order valence-electron chi connectivity index (χ1n) is 35.5. The number of rotatable bonds is 67. The third-order valence-electron chi connectivity index (χ3n) is 16.8. The highest BCUT2D eigenvalue weighted by Gasteiger charge is 2.24. The molecule has 0 heterocycles. The molecule has 0 fully saturated rings. The minimum Gasteiger partial charge on any atom is -0.756 e. The van der Waals surface area contributed by atoms with Gasteiger partial charge in [0, 0.05) is 6.42 Å². The van der Waals surface area contributed by atoms with Crippen LogP contribution < -0.4 is 10.2 Å². The molecule has 8 nitrogen and oxygen atoms in total. The maximum absolute atomic E-state index is 13.0. The molecule has 1 amide bonds. The zero-order valence-corrected chi connectivity index (χ0v) is 55.0. The quantitative estimate of drug-likeness (QED) is 0.0272. The maximum atomic E-state index is 13.0. The van der Waals surface area contributed by atoms with Gasteiger partial charge < -0.3 is 28.8 Å². The third kappa shape index (κ3) is 64.7. The van der Waals surface area contributed by atoms with Gasteiger partial charge in [-0.05, 0) is 38.5 Å². The molecule has 0 radical (unpaired) electrons. The molecule has 3 atom stereocenters. The van der Waals surface area contributed by atoms with Crippen LogP contribution in [0.1, 0.15) is 380 Å². The van der Waals surface area contributed by atoms with Crippen molar-refractivity contribution in [3.63, 3.8) is 0 Å². The van der Waals surface area contributed by atoms with E-state index in [2.05, 4.69) is 31.3 Å². The van der Waals surface area contributed by atoms with Crippen molar-refractivity contribution in [3.05, 3.63) is 12.2 Å². The number of phosphoric ester groups is 1. The Hall–Kier alpha value is -0.760. The average Bonchev–Trinajstić information content (AvgIpc) is 3.42. The number of phosphoric acid groups is 1. The topological polar surface area (TPSA) is 108 Å². The van der Waals surface area contributed by atoms with Gasteiger partial charge in [0.15, 0.2) is 0 Å². The molecule has 472 valence electrons. The highest BCUT2D eigenvalue weighted by Crippen LogP contribution is 2.38. The van der Waals surface area contributed by atoms with Crippen LogP contribution in [0.4, 0.5) is 0 Å². The smallest absolute Gasteiger partial charge is 0.268 e. The molecule has 0 bridgehead atoms. The van der Waals surface area contributed by atoms with Gasteiger partial charge in [-0.15, -0.1) is 0 Å². The maximum Gasteiger partial charge on any atom is 0.268 e. The molecule has 0 saturated carbocycles. The number of hydrogen-bond donors (Lipinski definition) is 2. The highest BCUT2D eigenvalue weighted by molar-refractivity contribution is 7.45.